The van der Waals surface area contributed by atoms with Gasteiger partial charge in [-0.1, -0.05) is 13.8 Å². The Morgan fingerprint density at radius 1 is 1.16 bits per heavy atom. The Kier molecular flexibility index (Phi) is 8.57. The lowest BCUT2D eigenvalue weighted by Crippen LogP contribution is -2.40. The van der Waals surface area contributed by atoms with Crippen LogP contribution in [0.25, 0.3) is 0 Å². The summed E-state index contributed by atoms with van der Waals surface area (Å²) < 4.78 is 0. The number of rotatable bonds is 9. The monoisotopic (exact) mass is 271 g/mol. The van der Waals surface area contributed by atoms with E-state index in [2.05, 4.69) is 10.6 Å². The first kappa shape index (κ1) is 17.4. The van der Waals surface area contributed by atoms with E-state index >= 15 is 0 Å². The molecular formula is C13H25N3O3. The van der Waals surface area contributed by atoms with Crippen molar-refractivity contribution in [1.29, 1.82) is 0 Å². The van der Waals surface area contributed by atoms with Gasteiger partial charge in [0, 0.05) is 13.0 Å². The van der Waals surface area contributed by atoms with Gasteiger partial charge in [0.25, 0.3) is 0 Å². The molecule has 0 aromatic carbocycles. The minimum absolute atomic E-state index is 0.0417. The summed E-state index contributed by atoms with van der Waals surface area (Å²) >= 11 is 0. The number of hydrogen-bond acceptors (Lipinski definition) is 3. The molecule has 0 rings (SSSR count). The van der Waals surface area contributed by atoms with Crippen LogP contribution in [0.1, 0.15) is 46.5 Å². The van der Waals surface area contributed by atoms with Crippen molar-refractivity contribution in [3.05, 3.63) is 0 Å². The van der Waals surface area contributed by atoms with Gasteiger partial charge in [-0.3, -0.25) is 9.59 Å². The van der Waals surface area contributed by atoms with Crippen LogP contribution in [-0.2, 0) is 9.59 Å². The Balaban J connectivity index is 3.96. The number of amides is 3. The second kappa shape index (κ2) is 9.35. The quantitative estimate of drug-likeness (QED) is 0.544. The molecule has 0 aliphatic rings. The average Bonchev–Trinajstić information content (AvgIpc) is 2.25. The first-order valence-corrected chi connectivity index (χ1v) is 6.66. The highest BCUT2D eigenvalue weighted by Gasteiger charge is 2.16. The van der Waals surface area contributed by atoms with Crippen LogP contribution < -0.4 is 16.4 Å². The van der Waals surface area contributed by atoms with Gasteiger partial charge < -0.3 is 16.4 Å². The van der Waals surface area contributed by atoms with Crippen LogP contribution in [-0.4, -0.2) is 30.3 Å². The van der Waals surface area contributed by atoms with Crippen LogP contribution in [0, 0.1) is 5.92 Å². The van der Waals surface area contributed by atoms with Crippen molar-refractivity contribution in [2.24, 2.45) is 11.7 Å². The summed E-state index contributed by atoms with van der Waals surface area (Å²) in [5.74, 6) is 0.137. The third-order valence-corrected chi connectivity index (χ3v) is 2.64. The number of ketones is 1. The van der Waals surface area contributed by atoms with Crippen molar-refractivity contribution in [2.45, 2.75) is 52.5 Å². The van der Waals surface area contributed by atoms with E-state index in [1.165, 1.54) is 6.92 Å². The number of hydrogen-bond donors (Lipinski definition) is 3. The highest BCUT2D eigenvalue weighted by Crippen LogP contribution is 2.04. The predicted octanol–water partition coefficient (Wildman–Crippen LogP) is 0.945. The molecule has 19 heavy (non-hydrogen) atoms. The molecule has 0 saturated carbocycles. The molecule has 0 aliphatic carbocycles. The maximum atomic E-state index is 11.6. The molecule has 0 spiro atoms. The second-order valence-corrected chi connectivity index (χ2v) is 5.12. The summed E-state index contributed by atoms with van der Waals surface area (Å²) in [5.41, 5.74) is 4.93. The number of urea groups is 1. The minimum atomic E-state index is -0.548. The van der Waals surface area contributed by atoms with Gasteiger partial charge in [0.1, 0.15) is 0 Å². The molecule has 0 aromatic rings. The summed E-state index contributed by atoms with van der Waals surface area (Å²) in [6, 6.07) is -0.979. The molecule has 0 radical (unpaired) electrons. The Hall–Kier alpha value is -1.59. The molecule has 0 heterocycles. The lowest BCUT2D eigenvalue weighted by Gasteiger charge is -2.16. The van der Waals surface area contributed by atoms with E-state index in [0.717, 1.165) is 12.8 Å². The highest BCUT2D eigenvalue weighted by atomic mass is 16.2. The molecule has 6 heteroatoms. The number of Topliss-reactive ketones (excluding diaryl/α,β-unsaturated/α-hetero) is 1. The normalized spacial score (nSPS) is 12.0. The predicted molar refractivity (Wildman–Crippen MR) is 73.5 cm³/mol. The van der Waals surface area contributed by atoms with Crippen LogP contribution in [0.5, 0.6) is 0 Å². The van der Waals surface area contributed by atoms with E-state index in [-0.39, 0.29) is 17.6 Å². The third kappa shape index (κ3) is 10.1. The Morgan fingerprint density at radius 3 is 2.26 bits per heavy atom. The summed E-state index contributed by atoms with van der Waals surface area (Å²) in [7, 11) is 0. The first-order valence-electron chi connectivity index (χ1n) is 6.66. The molecule has 0 unspecified atom stereocenters. The van der Waals surface area contributed by atoms with Gasteiger partial charge in [0.05, 0.1) is 6.04 Å². The SMILES string of the molecule is CC(=O)[C@H](CCCCNC(N)=O)NC(=O)CC(C)C. The van der Waals surface area contributed by atoms with Crippen molar-refractivity contribution in [3.8, 4) is 0 Å². The van der Waals surface area contributed by atoms with Crippen LogP contribution in [0.3, 0.4) is 0 Å². The number of carbonyl (C=O) groups is 3. The summed E-state index contributed by atoms with van der Waals surface area (Å²) in [6.07, 6.45) is 2.48. The fourth-order valence-corrected chi connectivity index (χ4v) is 1.69. The maximum absolute atomic E-state index is 11.6. The highest BCUT2D eigenvalue weighted by molar-refractivity contribution is 5.87. The van der Waals surface area contributed by atoms with Crippen LogP contribution in [0.15, 0.2) is 0 Å². The van der Waals surface area contributed by atoms with Crippen LogP contribution >= 0.6 is 0 Å². The molecular weight excluding hydrogens is 246 g/mol. The third-order valence-electron chi connectivity index (χ3n) is 2.64. The average molecular weight is 271 g/mol. The molecule has 0 aliphatic heterocycles. The van der Waals surface area contributed by atoms with E-state index in [9.17, 15) is 14.4 Å². The molecule has 0 aromatic heterocycles. The minimum Gasteiger partial charge on any atom is -0.352 e. The van der Waals surface area contributed by atoms with Crippen molar-refractivity contribution in [3.63, 3.8) is 0 Å². The van der Waals surface area contributed by atoms with Crippen LogP contribution in [0.2, 0.25) is 0 Å². The zero-order valence-corrected chi connectivity index (χ0v) is 12.0. The van der Waals surface area contributed by atoms with E-state index in [4.69, 9.17) is 5.73 Å². The van der Waals surface area contributed by atoms with Gasteiger partial charge in [0.2, 0.25) is 5.91 Å². The Morgan fingerprint density at radius 2 is 1.79 bits per heavy atom. The van der Waals surface area contributed by atoms with Gasteiger partial charge in [-0.2, -0.15) is 0 Å². The fraction of sp³-hybridized carbons (Fsp3) is 0.769. The molecule has 4 N–H and O–H groups in total. The number of nitrogens with one attached hydrogen (secondary N) is 2. The van der Waals surface area contributed by atoms with Crippen molar-refractivity contribution in [2.75, 3.05) is 6.54 Å². The number of unbranched alkanes of at least 4 members (excludes halogenated alkanes) is 1. The molecule has 0 saturated heterocycles. The lowest BCUT2D eigenvalue weighted by molar-refractivity contribution is -0.127. The standard InChI is InChI=1S/C13H25N3O3/c1-9(2)8-12(18)16-11(10(3)17)6-4-5-7-15-13(14)19/h9,11H,4-8H2,1-3H3,(H,16,18)(H3,14,15,19)/t11-/m0/s1. The zero-order valence-electron chi connectivity index (χ0n) is 12.0. The second-order valence-electron chi connectivity index (χ2n) is 5.12. The fourth-order valence-electron chi connectivity index (χ4n) is 1.69. The Labute approximate surface area is 114 Å². The van der Waals surface area contributed by atoms with Gasteiger partial charge in [-0.15, -0.1) is 0 Å². The molecule has 6 nitrogen and oxygen atoms in total. The summed E-state index contributed by atoms with van der Waals surface area (Å²) in [5, 5.41) is 5.23. The molecule has 0 bridgehead atoms. The van der Waals surface area contributed by atoms with E-state index in [0.29, 0.717) is 19.4 Å². The van der Waals surface area contributed by atoms with Crippen LogP contribution in [0.4, 0.5) is 4.79 Å². The maximum Gasteiger partial charge on any atom is 0.312 e. The molecule has 0 fully saturated rings. The lowest BCUT2D eigenvalue weighted by atomic mass is 10.0. The van der Waals surface area contributed by atoms with Crippen molar-refractivity contribution in [1.82, 2.24) is 10.6 Å². The largest absolute Gasteiger partial charge is 0.352 e. The smallest absolute Gasteiger partial charge is 0.312 e. The zero-order chi connectivity index (χ0) is 14.8. The summed E-state index contributed by atoms with van der Waals surface area (Å²) in [6.45, 7) is 5.87. The number of primary amides is 1. The molecule has 110 valence electrons. The van der Waals surface area contributed by atoms with E-state index in [1.807, 2.05) is 13.8 Å². The number of carbonyl (C=O) groups excluding carboxylic acids is 3. The van der Waals surface area contributed by atoms with Crippen molar-refractivity contribution < 1.29 is 14.4 Å². The van der Waals surface area contributed by atoms with Crippen molar-refractivity contribution >= 4 is 17.7 Å². The molecule has 3 amide bonds. The van der Waals surface area contributed by atoms with E-state index in [1.54, 1.807) is 0 Å². The van der Waals surface area contributed by atoms with E-state index < -0.39 is 12.1 Å². The van der Waals surface area contributed by atoms with Gasteiger partial charge in [-0.25, -0.2) is 4.79 Å². The molecule has 1 atom stereocenters. The van der Waals surface area contributed by atoms with Gasteiger partial charge in [0.15, 0.2) is 5.78 Å². The first-order chi connectivity index (χ1) is 8.82. The topological polar surface area (TPSA) is 101 Å². The summed E-state index contributed by atoms with van der Waals surface area (Å²) in [4.78, 5) is 33.5. The Bertz CT molecular complexity index is 316. The van der Waals surface area contributed by atoms with Gasteiger partial charge >= 0.3 is 6.03 Å². The van der Waals surface area contributed by atoms with Gasteiger partial charge in [-0.05, 0) is 32.1 Å². The number of nitrogens with two attached hydrogens (primary N) is 1.